The van der Waals surface area contributed by atoms with Crippen LogP contribution in [-0.4, -0.2) is 36.3 Å². The Hall–Kier alpha value is -2.62. The number of para-hydroxylation sites is 1. The summed E-state index contributed by atoms with van der Waals surface area (Å²) in [6.07, 6.45) is 4.41. The number of hydrogen-bond acceptors (Lipinski definition) is 2. The van der Waals surface area contributed by atoms with Gasteiger partial charge in [0.15, 0.2) is 0 Å². The minimum atomic E-state index is -0.455. The topological polar surface area (TPSA) is 40.6 Å². The molecule has 2 aliphatic heterocycles. The Kier molecular flexibility index (Phi) is 4.45. The quantitative estimate of drug-likeness (QED) is 0.793. The van der Waals surface area contributed by atoms with E-state index in [9.17, 15) is 9.59 Å². The van der Waals surface area contributed by atoms with Crippen molar-refractivity contribution >= 4 is 17.5 Å². The van der Waals surface area contributed by atoms with E-state index in [1.165, 1.54) is 16.7 Å². The van der Waals surface area contributed by atoms with E-state index in [0.717, 1.165) is 51.0 Å². The van der Waals surface area contributed by atoms with E-state index in [-0.39, 0.29) is 11.8 Å². The lowest BCUT2D eigenvalue weighted by Gasteiger charge is -2.30. The number of rotatable bonds is 4. The van der Waals surface area contributed by atoms with E-state index in [1.54, 1.807) is 0 Å². The van der Waals surface area contributed by atoms with Gasteiger partial charge >= 0.3 is 0 Å². The summed E-state index contributed by atoms with van der Waals surface area (Å²) in [4.78, 5) is 29.8. The van der Waals surface area contributed by atoms with Gasteiger partial charge in [-0.05, 0) is 55.4 Å². The molecule has 2 aromatic carbocycles. The molecule has 4 heteroatoms. The number of anilines is 1. The molecule has 2 aromatic rings. The third-order valence-electron chi connectivity index (χ3n) is 7.21. The van der Waals surface area contributed by atoms with Crippen molar-refractivity contribution in [2.24, 2.45) is 0 Å². The number of carbonyl (C=O) groups is 2. The van der Waals surface area contributed by atoms with Crippen molar-refractivity contribution in [3.63, 3.8) is 0 Å². The maximum atomic E-state index is 13.8. The molecule has 0 spiro atoms. The van der Waals surface area contributed by atoms with E-state index in [0.29, 0.717) is 12.3 Å². The molecule has 0 N–H and O–H groups in total. The molecule has 150 valence electrons. The van der Waals surface area contributed by atoms with Crippen LogP contribution >= 0.6 is 0 Å². The van der Waals surface area contributed by atoms with Crippen LogP contribution in [0.2, 0.25) is 0 Å². The number of amides is 2. The molecule has 3 aliphatic rings. The fraction of sp³-hybridized carbons (Fsp3) is 0.440. The molecule has 2 unspecified atom stereocenters. The minimum Gasteiger partial charge on any atom is -0.343 e. The third kappa shape index (κ3) is 2.97. The highest BCUT2D eigenvalue weighted by atomic mass is 16.2. The molecule has 1 saturated heterocycles. The van der Waals surface area contributed by atoms with Gasteiger partial charge in [-0.15, -0.1) is 0 Å². The van der Waals surface area contributed by atoms with Crippen LogP contribution in [-0.2, 0) is 21.4 Å². The molecular formula is C25H28N2O2. The Bertz CT molecular complexity index is 969. The van der Waals surface area contributed by atoms with Crippen LogP contribution in [0, 0.1) is 0 Å². The molecule has 5 rings (SSSR count). The van der Waals surface area contributed by atoms with Crippen LogP contribution in [0.15, 0.2) is 48.5 Å². The van der Waals surface area contributed by atoms with E-state index in [1.807, 2.05) is 21.9 Å². The highest BCUT2D eigenvalue weighted by Crippen LogP contribution is 2.45. The lowest BCUT2D eigenvalue weighted by molar-refractivity contribution is -0.128. The summed E-state index contributed by atoms with van der Waals surface area (Å²) in [6, 6.07) is 16.7. The monoisotopic (exact) mass is 388 g/mol. The molecule has 0 radical (unpaired) electrons. The van der Waals surface area contributed by atoms with Crippen molar-refractivity contribution in [3.8, 4) is 0 Å². The van der Waals surface area contributed by atoms with Gasteiger partial charge in [-0.3, -0.25) is 9.59 Å². The lowest BCUT2D eigenvalue weighted by atomic mass is 9.82. The third-order valence-corrected chi connectivity index (χ3v) is 7.21. The molecule has 0 bridgehead atoms. The van der Waals surface area contributed by atoms with E-state index in [2.05, 4.69) is 43.3 Å². The van der Waals surface area contributed by atoms with Crippen LogP contribution in [0.4, 0.5) is 5.69 Å². The van der Waals surface area contributed by atoms with Crippen LogP contribution in [0.3, 0.4) is 0 Å². The summed E-state index contributed by atoms with van der Waals surface area (Å²) >= 11 is 0. The second-order valence-corrected chi connectivity index (χ2v) is 8.93. The molecular weight excluding hydrogens is 360 g/mol. The molecule has 2 heterocycles. The molecule has 0 aromatic heterocycles. The maximum Gasteiger partial charge on any atom is 0.237 e. The number of aryl methyl sites for hydroxylation is 1. The fourth-order valence-electron chi connectivity index (χ4n) is 5.50. The maximum absolute atomic E-state index is 13.8. The second kappa shape index (κ2) is 7.01. The first kappa shape index (κ1) is 18.4. The van der Waals surface area contributed by atoms with Crippen molar-refractivity contribution in [1.82, 2.24) is 4.90 Å². The Morgan fingerprint density at radius 1 is 1.10 bits per heavy atom. The average Bonchev–Trinajstić information content (AvgIpc) is 3.43. The van der Waals surface area contributed by atoms with Gasteiger partial charge in [0.05, 0.1) is 5.41 Å². The van der Waals surface area contributed by atoms with E-state index >= 15 is 0 Å². The summed E-state index contributed by atoms with van der Waals surface area (Å²) in [5.41, 5.74) is 4.35. The molecule has 4 nitrogen and oxygen atoms in total. The number of likely N-dealkylation sites (tertiary alicyclic amines) is 1. The van der Waals surface area contributed by atoms with Crippen molar-refractivity contribution in [2.75, 3.05) is 24.5 Å². The van der Waals surface area contributed by atoms with E-state index in [4.69, 9.17) is 0 Å². The average molecular weight is 389 g/mol. The van der Waals surface area contributed by atoms with Gasteiger partial charge in [0.1, 0.15) is 0 Å². The van der Waals surface area contributed by atoms with Gasteiger partial charge in [0, 0.05) is 37.7 Å². The fourth-order valence-corrected chi connectivity index (χ4v) is 5.50. The molecule has 1 fully saturated rings. The highest BCUT2D eigenvalue weighted by molar-refractivity contribution is 6.03. The van der Waals surface area contributed by atoms with Crippen molar-refractivity contribution in [2.45, 2.75) is 50.4 Å². The highest BCUT2D eigenvalue weighted by Gasteiger charge is 2.46. The number of hydrogen-bond donors (Lipinski definition) is 0. The molecule has 0 saturated carbocycles. The van der Waals surface area contributed by atoms with E-state index < -0.39 is 5.41 Å². The molecule has 29 heavy (non-hydrogen) atoms. The zero-order chi connectivity index (χ0) is 20.0. The van der Waals surface area contributed by atoms with Crippen molar-refractivity contribution in [3.05, 3.63) is 65.2 Å². The predicted octanol–water partition coefficient (Wildman–Crippen LogP) is 4.03. The van der Waals surface area contributed by atoms with Gasteiger partial charge < -0.3 is 9.80 Å². The summed E-state index contributed by atoms with van der Waals surface area (Å²) in [6.45, 7) is 4.50. The van der Waals surface area contributed by atoms with Gasteiger partial charge in [0.2, 0.25) is 11.8 Å². The predicted molar refractivity (Wildman–Crippen MR) is 114 cm³/mol. The Labute approximate surface area is 172 Å². The number of nitrogens with zero attached hydrogens (tertiary/aromatic N) is 2. The second-order valence-electron chi connectivity index (χ2n) is 8.93. The Morgan fingerprint density at radius 3 is 2.72 bits per heavy atom. The standard InChI is InChI=1S/C25H28N2O2/c1-25(14-12-18-7-2-4-9-21(18)25)24(29)27-17-19(20-8-3-5-10-22(20)27)13-16-26-15-6-11-23(26)28/h2-5,7-10,19H,6,11-17H2,1H3. The normalized spacial score (nSPS) is 25.4. The van der Waals surface area contributed by atoms with Crippen molar-refractivity contribution in [1.29, 1.82) is 0 Å². The molecule has 2 amide bonds. The van der Waals surface area contributed by atoms with Gasteiger partial charge in [-0.2, -0.15) is 0 Å². The SMILES string of the molecule is CC1(C(=O)N2CC(CCN3CCCC3=O)c3ccccc32)CCc2ccccc21. The molecule has 1 aliphatic carbocycles. The summed E-state index contributed by atoms with van der Waals surface area (Å²) < 4.78 is 0. The number of benzene rings is 2. The first-order valence-electron chi connectivity index (χ1n) is 10.8. The first-order valence-corrected chi connectivity index (χ1v) is 10.8. The molecule has 2 atom stereocenters. The summed E-state index contributed by atoms with van der Waals surface area (Å²) in [5, 5.41) is 0. The zero-order valence-electron chi connectivity index (χ0n) is 17.1. The minimum absolute atomic E-state index is 0.217. The lowest BCUT2D eigenvalue weighted by Crippen LogP contribution is -2.44. The van der Waals surface area contributed by atoms with Crippen LogP contribution in [0.1, 0.15) is 55.2 Å². The van der Waals surface area contributed by atoms with Gasteiger partial charge in [-0.25, -0.2) is 0 Å². The smallest absolute Gasteiger partial charge is 0.237 e. The van der Waals surface area contributed by atoms with Gasteiger partial charge in [0.25, 0.3) is 0 Å². The summed E-state index contributed by atoms with van der Waals surface area (Å²) in [5.74, 6) is 0.790. The Balaban J connectivity index is 1.40. The first-order chi connectivity index (χ1) is 14.1. The van der Waals surface area contributed by atoms with Gasteiger partial charge in [-0.1, -0.05) is 42.5 Å². The largest absolute Gasteiger partial charge is 0.343 e. The Morgan fingerprint density at radius 2 is 1.90 bits per heavy atom. The number of fused-ring (bicyclic) bond motifs is 2. The number of carbonyl (C=O) groups excluding carboxylic acids is 2. The zero-order valence-corrected chi connectivity index (χ0v) is 17.1. The van der Waals surface area contributed by atoms with Crippen LogP contribution in [0.25, 0.3) is 0 Å². The summed E-state index contributed by atoms with van der Waals surface area (Å²) in [7, 11) is 0. The van der Waals surface area contributed by atoms with Crippen LogP contribution < -0.4 is 4.90 Å². The van der Waals surface area contributed by atoms with Crippen molar-refractivity contribution < 1.29 is 9.59 Å². The van der Waals surface area contributed by atoms with Crippen LogP contribution in [0.5, 0.6) is 0 Å².